The number of hydrogen-bond donors (Lipinski definition) is 0. The average Bonchev–Trinajstić information content (AvgIpc) is 3.37. The van der Waals surface area contributed by atoms with Crippen LogP contribution < -0.4 is 5.56 Å². The summed E-state index contributed by atoms with van der Waals surface area (Å²) >= 11 is 1.33. The molecular formula is C25H23N5O2S. The second kappa shape index (κ2) is 8.37. The van der Waals surface area contributed by atoms with Gasteiger partial charge in [0.15, 0.2) is 10.9 Å². The van der Waals surface area contributed by atoms with E-state index in [4.69, 9.17) is 0 Å². The molecule has 3 aromatic heterocycles. The minimum Gasteiger partial charge on any atom is -0.351 e. The highest BCUT2D eigenvalue weighted by Gasteiger charge is 2.19. The Labute approximate surface area is 194 Å². The standard InChI is InChI=1S/C25H23N5O2S/c1-16-13-20(17(2)28(16)3)22(31)15-33-25-27-26-24-29(14-18-9-5-4-6-10-18)23(32)19-11-7-8-12-21(19)30(24)25/h4-13H,14-15H2,1-3H3. The number of fused-ring (bicyclic) bond motifs is 3. The van der Waals surface area contributed by atoms with Crippen molar-refractivity contribution < 1.29 is 4.79 Å². The maximum Gasteiger partial charge on any atom is 0.263 e. The van der Waals surface area contributed by atoms with Gasteiger partial charge in [-0.3, -0.25) is 18.6 Å². The van der Waals surface area contributed by atoms with Gasteiger partial charge in [-0.1, -0.05) is 54.2 Å². The van der Waals surface area contributed by atoms with E-state index in [0.29, 0.717) is 22.9 Å². The molecule has 0 N–H and O–H groups in total. The Hall–Kier alpha value is -3.65. The molecule has 33 heavy (non-hydrogen) atoms. The summed E-state index contributed by atoms with van der Waals surface area (Å²) in [6.07, 6.45) is 0. The quantitative estimate of drug-likeness (QED) is 0.284. The van der Waals surface area contributed by atoms with Crippen LogP contribution in [0.5, 0.6) is 0 Å². The third-order valence-corrected chi connectivity index (χ3v) is 7.00. The molecule has 0 radical (unpaired) electrons. The lowest BCUT2D eigenvalue weighted by molar-refractivity contribution is 0.102. The van der Waals surface area contributed by atoms with Crippen molar-refractivity contribution in [2.24, 2.45) is 7.05 Å². The van der Waals surface area contributed by atoms with E-state index < -0.39 is 0 Å². The summed E-state index contributed by atoms with van der Waals surface area (Å²) in [6, 6.07) is 19.2. The topological polar surface area (TPSA) is 74.2 Å². The van der Waals surface area contributed by atoms with Gasteiger partial charge in [0.25, 0.3) is 5.56 Å². The van der Waals surface area contributed by atoms with Crippen LogP contribution in [-0.4, -0.2) is 35.3 Å². The summed E-state index contributed by atoms with van der Waals surface area (Å²) in [7, 11) is 1.96. The average molecular weight is 458 g/mol. The summed E-state index contributed by atoms with van der Waals surface area (Å²) in [5.41, 5.74) is 4.34. The van der Waals surface area contributed by atoms with Gasteiger partial charge in [0.1, 0.15) is 0 Å². The van der Waals surface area contributed by atoms with Crippen molar-refractivity contribution in [3.8, 4) is 0 Å². The van der Waals surface area contributed by atoms with E-state index in [1.807, 2.05) is 90.5 Å². The van der Waals surface area contributed by atoms with Gasteiger partial charge in [-0.25, -0.2) is 0 Å². The predicted molar refractivity (Wildman–Crippen MR) is 130 cm³/mol. The fourth-order valence-electron chi connectivity index (χ4n) is 4.08. The molecule has 0 saturated carbocycles. The van der Waals surface area contributed by atoms with E-state index in [0.717, 1.165) is 28.0 Å². The maximum atomic E-state index is 13.3. The Kier molecular flexibility index (Phi) is 5.38. The molecule has 2 aromatic carbocycles. The number of aromatic nitrogens is 5. The lowest BCUT2D eigenvalue weighted by Gasteiger charge is -2.11. The van der Waals surface area contributed by atoms with Crippen molar-refractivity contribution in [1.29, 1.82) is 0 Å². The minimum absolute atomic E-state index is 0.0415. The zero-order valence-electron chi connectivity index (χ0n) is 18.6. The van der Waals surface area contributed by atoms with Crippen molar-refractivity contribution in [1.82, 2.24) is 23.7 Å². The van der Waals surface area contributed by atoms with Crippen LogP contribution in [0.25, 0.3) is 16.7 Å². The zero-order chi connectivity index (χ0) is 23.1. The largest absolute Gasteiger partial charge is 0.351 e. The Balaban J connectivity index is 1.57. The summed E-state index contributed by atoms with van der Waals surface area (Å²) in [6.45, 7) is 4.33. The number of nitrogens with zero attached hydrogens (tertiary/aromatic N) is 5. The normalized spacial score (nSPS) is 11.5. The number of para-hydroxylation sites is 1. The van der Waals surface area contributed by atoms with Gasteiger partial charge in [-0.2, -0.15) is 0 Å². The summed E-state index contributed by atoms with van der Waals surface area (Å²) in [4.78, 5) is 26.2. The molecule has 0 amide bonds. The van der Waals surface area contributed by atoms with Gasteiger partial charge in [0, 0.05) is 24.0 Å². The highest BCUT2D eigenvalue weighted by molar-refractivity contribution is 7.99. The van der Waals surface area contributed by atoms with E-state index in [9.17, 15) is 9.59 Å². The van der Waals surface area contributed by atoms with Gasteiger partial charge in [0.2, 0.25) is 5.78 Å². The monoisotopic (exact) mass is 457 g/mol. The third-order valence-electron chi connectivity index (χ3n) is 6.07. The lowest BCUT2D eigenvalue weighted by atomic mass is 10.2. The van der Waals surface area contributed by atoms with Gasteiger partial charge in [0.05, 0.1) is 23.2 Å². The Morgan fingerprint density at radius 2 is 1.73 bits per heavy atom. The number of thioether (sulfide) groups is 1. The van der Waals surface area contributed by atoms with Gasteiger partial charge < -0.3 is 4.57 Å². The third kappa shape index (κ3) is 3.66. The van der Waals surface area contributed by atoms with Crippen molar-refractivity contribution in [2.75, 3.05) is 5.75 Å². The SMILES string of the molecule is Cc1cc(C(=O)CSc2nnc3n(Cc4ccccc4)c(=O)c4ccccc4n23)c(C)n1C. The molecule has 0 aliphatic carbocycles. The molecule has 0 unspecified atom stereocenters. The summed E-state index contributed by atoms with van der Waals surface area (Å²) in [5, 5.41) is 9.88. The van der Waals surface area contributed by atoms with Crippen LogP contribution in [0.2, 0.25) is 0 Å². The molecule has 0 aliphatic heterocycles. The van der Waals surface area contributed by atoms with Crippen LogP contribution in [-0.2, 0) is 13.6 Å². The molecule has 8 heteroatoms. The molecule has 0 atom stereocenters. The molecule has 0 bridgehead atoms. The van der Waals surface area contributed by atoms with E-state index in [1.54, 1.807) is 4.57 Å². The fraction of sp³-hybridized carbons (Fsp3) is 0.200. The molecule has 5 rings (SSSR count). The number of ketones is 1. The number of carbonyl (C=O) groups excluding carboxylic acids is 1. The van der Waals surface area contributed by atoms with Crippen LogP contribution in [0.3, 0.4) is 0 Å². The van der Waals surface area contributed by atoms with Gasteiger partial charge in [-0.15, -0.1) is 10.2 Å². The second-order valence-corrected chi connectivity index (χ2v) is 9.01. The second-order valence-electron chi connectivity index (χ2n) is 8.07. The zero-order valence-corrected chi connectivity index (χ0v) is 19.5. The van der Waals surface area contributed by atoms with E-state index in [1.165, 1.54) is 11.8 Å². The Morgan fingerprint density at radius 3 is 2.45 bits per heavy atom. The van der Waals surface area contributed by atoms with Crippen molar-refractivity contribution in [2.45, 2.75) is 25.5 Å². The van der Waals surface area contributed by atoms with Crippen molar-refractivity contribution in [3.05, 3.63) is 93.5 Å². The highest BCUT2D eigenvalue weighted by Crippen LogP contribution is 2.24. The van der Waals surface area contributed by atoms with E-state index in [2.05, 4.69) is 10.2 Å². The van der Waals surface area contributed by atoms with Crippen LogP contribution >= 0.6 is 11.8 Å². The van der Waals surface area contributed by atoms with E-state index >= 15 is 0 Å². The van der Waals surface area contributed by atoms with Crippen LogP contribution in [0.15, 0.2) is 70.6 Å². The number of benzene rings is 2. The number of rotatable bonds is 6. The number of hydrogen-bond acceptors (Lipinski definition) is 5. The van der Waals surface area contributed by atoms with Crippen molar-refractivity contribution in [3.63, 3.8) is 0 Å². The Morgan fingerprint density at radius 1 is 1.00 bits per heavy atom. The van der Waals surface area contributed by atoms with Gasteiger partial charge in [-0.05, 0) is 37.6 Å². The molecule has 0 aliphatic rings. The van der Waals surface area contributed by atoms with Crippen LogP contribution in [0.1, 0.15) is 27.3 Å². The first-order valence-electron chi connectivity index (χ1n) is 10.6. The first-order chi connectivity index (χ1) is 16.0. The number of carbonyl (C=O) groups is 1. The molecule has 0 fully saturated rings. The minimum atomic E-state index is -0.114. The molecule has 7 nitrogen and oxygen atoms in total. The van der Waals surface area contributed by atoms with Crippen molar-refractivity contribution >= 4 is 34.2 Å². The smallest absolute Gasteiger partial charge is 0.263 e. The molecule has 5 aromatic rings. The fourth-order valence-corrected chi connectivity index (χ4v) is 4.90. The lowest BCUT2D eigenvalue weighted by Crippen LogP contribution is -2.24. The van der Waals surface area contributed by atoms with Crippen LogP contribution in [0, 0.1) is 13.8 Å². The molecule has 3 heterocycles. The van der Waals surface area contributed by atoms with Gasteiger partial charge >= 0.3 is 0 Å². The van der Waals surface area contributed by atoms with E-state index in [-0.39, 0.29) is 17.1 Å². The Bertz CT molecular complexity index is 1560. The molecule has 0 spiro atoms. The molecular weight excluding hydrogens is 434 g/mol. The maximum absolute atomic E-state index is 13.3. The highest BCUT2D eigenvalue weighted by atomic mass is 32.2. The summed E-state index contributed by atoms with van der Waals surface area (Å²) < 4.78 is 5.53. The first kappa shape index (κ1) is 21.2. The first-order valence-corrected chi connectivity index (χ1v) is 11.6. The predicted octanol–water partition coefficient (Wildman–Crippen LogP) is 4.02. The number of Topliss-reactive ketones (excluding diaryl/α,β-unsaturated/α-hetero) is 1. The molecule has 0 saturated heterocycles. The molecule has 166 valence electrons. The van der Waals surface area contributed by atoms with Crippen LogP contribution in [0.4, 0.5) is 0 Å². The summed E-state index contributed by atoms with van der Waals surface area (Å²) in [5.74, 6) is 0.737. The number of aryl methyl sites for hydroxylation is 1.